The van der Waals surface area contributed by atoms with E-state index in [1.54, 1.807) is 21.1 Å². The summed E-state index contributed by atoms with van der Waals surface area (Å²) in [5.74, 6) is 0.697. The SMILES string of the molecule is CCS(=O)(=O)NCCNC(=NC)NCC(C)(C)OC. The third-order valence-corrected chi connectivity index (χ3v) is 3.98. The molecule has 0 saturated heterocycles. The van der Waals surface area contributed by atoms with E-state index >= 15 is 0 Å². The van der Waals surface area contributed by atoms with Crippen LogP contribution in [0.15, 0.2) is 4.99 Å². The highest BCUT2D eigenvalue weighted by molar-refractivity contribution is 7.89. The van der Waals surface area contributed by atoms with Gasteiger partial charge < -0.3 is 15.4 Å². The third-order valence-electron chi connectivity index (χ3n) is 2.58. The highest BCUT2D eigenvalue weighted by Gasteiger charge is 2.16. The average molecular weight is 294 g/mol. The number of methoxy groups -OCH3 is 1. The normalized spacial score (nSPS) is 13.4. The van der Waals surface area contributed by atoms with E-state index in [0.29, 0.717) is 25.6 Å². The molecule has 19 heavy (non-hydrogen) atoms. The number of nitrogens with zero attached hydrogens (tertiary/aromatic N) is 1. The van der Waals surface area contributed by atoms with Gasteiger partial charge in [0.1, 0.15) is 0 Å². The molecule has 0 aliphatic rings. The molecular weight excluding hydrogens is 268 g/mol. The molecule has 114 valence electrons. The second kappa shape index (κ2) is 8.34. The highest BCUT2D eigenvalue weighted by Crippen LogP contribution is 2.04. The summed E-state index contributed by atoms with van der Waals surface area (Å²) < 4.78 is 30.2. The lowest BCUT2D eigenvalue weighted by atomic mass is 10.1. The van der Waals surface area contributed by atoms with Gasteiger partial charge in [0.05, 0.1) is 11.4 Å². The number of sulfonamides is 1. The summed E-state index contributed by atoms with van der Waals surface area (Å²) in [6.07, 6.45) is 0. The summed E-state index contributed by atoms with van der Waals surface area (Å²) >= 11 is 0. The van der Waals surface area contributed by atoms with E-state index in [1.807, 2.05) is 13.8 Å². The number of rotatable bonds is 8. The Hall–Kier alpha value is -0.860. The molecule has 0 rings (SSSR count). The minimum atomic E-state index is -3.13. The van der Waals surface area contributed by atoms with Crippen molar-refractivity contribution in [3.05, 3.63) is 0 Å². The molecule has 0 aromatic heterocycles. The molecule has 0 radical (unpaired) electrons. The summed E-state index contributed by atoms with van der Waals surface area (Å²) in [6, 6.07) is 0. The number of aliphatic imine (C=N–C) groups is 1. The molecule has 0 aromatic carbocycles. The fourth-order valence-electron chi connectivity index (χ4n) is 1.08. The maximum absolute atomic E-state index is 11.2. The largest absolute Gasteiger partial charge is 0.377 e. The summed E-state index contributed by atoms with van der Waals surface area (Å²) in [7, 11) is 0.174. The predicted octanol–water partition coefficient (Wildman–Crippen LogP) is -0.484. The predicted molar refractivity (Wildman–Crippen MR) is 77.9 cm³/mol. The molecule has 0 bridgehead atoms. The third kappa shape index (κ3) is 8.79. The maximum Gasteiger partial charge on any atom is 0.211 e. The summed E-state index contributed by atoms with van der Waals surface area (Å²) in [5.41, 5.74) is -0.290. The first-order valence-electron chi connectivity index (χ1n) is 6.23. The van der Waals surface area contributed by atoms with Crippen molar-refractivity contribution in [3.8, 4) is 0 Å². The molecule has 0 unspecified atom stereocenters. The number of hydrogen-bond donors (Lipinski definition) is 3. The molecule has 0 atom stereocenters. The molecule has 0 amide bonds. The van der Waals surface area contributed by atoms with Crippen molar-refractivity contribution >= 4 is 16.0 Å². The molecule has 0 heterocycles. The van der Waals surface area contributed by atoms with Crippen LogP contribution in [0.5, 0.6) is 0 Å². The van der Waals surface area contributed by atoms with E-state index in [2.05, 4.69) is 20.3 Å². The van der Waals surface area contributed by atoms with Gasteiger partial charge in [0, 0.05) is 33.8 Å². The second-order valence-electron chi connectivity index (χ2n) is 4.61. The van der Waals surface area contributed by atoms with Crippen LogP contribution in [0.2, 0.25) is 0 Å². The molecule has 0 saturated carbocycles. The average Bonchev–Trinajstić information content (AvgIpc) is 2.38. The Balaban J connectivity index is 3.97. The molecule has 0 aromatic rings. The van der Waals surface area contributed by atoms with Crippen LogP contribution in [0.3, 0.4) is 0 Å². The monoisotopic (exact) mass is 294 g/mol. The van der Waals surface area contributed by atoms with Crippen molar-refractivity contribution in [2.45, 2.75) is 26.4 Å². The molecule has 3 N–H and O–H groups in total. The Morgan fingerprint density at radius 1 is 1.26 bits per heavy atom. The molecule has 7 nitrogen and oxygen atoms in total. The Morgan fingerprint density at radius 2 is 1.89 bits per heavy atom. The fourth-order valence-corrected chi connectivity index (χ4v) is 1.70. The van der Waals surface area contributed by atoms with Crippen molar-refractivity contribution in [2.24, 2.45) is 4.99 Å². The minimum Gasteiger partial charge on any atom is -0.377 e. The zero-order valence-corrected chi connectivity index (χ0v) is 13.2. The number of ether oxygens (including phenoxy) is 1. The molecule has 8 heteroatoms. The lowest BCUT2D eigenvalue weighted by Crippen LogP contribution is -2.47. The topological polar surface area (TPSA) is 91.8 Å². The van der Waals surface area contributed by atoms with Crippen molar-refractivity contribution in [2.75, 3.05) is 39.5 Å². The van der Waals surface area contributed by atoms with E-state index in [9.17, 15) is 8.42 Å². The maximum atomic E-state index is 11.2. The second-order valence-corrected chi connectivity index (χ2v) is 6.71. The van der Waals surface area contributed by atoms with E-state index in [-0.39, 0.29) is 11.4 Å². The standard InChI is InChI=1S/C11H26N4O3S/c1-6-19(16,17)15-8-7-13-10(12-4)14-9-11(2,3)18-5/h15H,6-9H2,1-5H3,(H2,12,13,14). The molecule has 0 aliphatic heterocycles. The Labute approximate surface area is 116 Å². The van der Waals surface area contributed by atoms with Gasteiger partial charge >= 0.3 is 0 Å². The number of hydrogen-bond acceptors (Lipinski definition) is 4. The Bertz CT molecular complexity index is 379. The zero-order valence-electron chi connectivity index (χ0n) is 12.4. The quantitative estimate of drug-likeness (QED) is 0.319. The van der Waals surface area contributed by atoms with Gasteiger partial charge in [0.2, 0.25) is 10.0 Å². The Morgan fingerprint density at radius 3 is 2.37 bits per heavy atom. The van der Waals surface area contributed by atoms with Gasteiger partial charge in [0.25, 0.3) is 0 Å². The van der Waals surface area contributed by atoms with Crippen LogP contribution in [-0.2, 0) is 14.8 Å². The van der Waals surface area contributed by atoms with Crippen LogP contribution < -0.4 is 15.4 Å². The minimum absolute atomic E-state index is 0.0853. The molecule has 0 aliphatic carbocycles. The smallest absolute Gasteiger partial charge is 0.211 e. The van der Waals surface area contributed by atoms with Gasteiger partial charge in [-0.2, -0.15) is 0 Å². The van der Waals surface area contributed by atoms with E-state index in [4.69, 9.17) is 4.74 Å². The van der Waals surface area contributed by atoms with Crippen molar-refractivity contribution < 1.29 is 13.2 Å². The van der Waals surface area contributed by atoms with Gasteiger partial charge in [-0.1, -0.05) is 0 Å². The van der Waals surface area contributed by atoms with E-state index < -0.39 is 10.0 Å². The molecular formula is C11H26N4O3S. The van der Waals surface area contributed by atoms with Gasteiger partial charge in [-0.25, -0.2) is 13.1 Å². The summed E-state index contributed by atoms with van der Waals surface area (Å²) in [6.45, 7) is 6.91. The van der Waals surface area contributed by atoms with Gasteiger partial charge in [-0.05, 0) is 20.8 Å². The fraction of sp³-hybridized carbons (Fsp3) is 0.909. The van der Waals surface area contributed by atoms with Gasteiger partial charge in [-0.15, -0.1) is 0 Å². The van der Waals surface area contributed by atoms with Gasteiger partial charge in [-0.3, -0.25) is 4.99 Å². The lowest BCUT2D eigenvalue weighted by Gasteiger charge is -2.24. The lowest BCUT2D eigenvalue weighted by molar-refractivity contribution is 0.0268. The first-order valence-corrected chi connectivity index (χ1v) is 7.88. The van der Waals surface area contributed by atoms with Crippen LogP contribution in [0.1, 0.15) is 20.8 Å². The molecule has 0 fully saturated rings. The van der Waals surface area contributed by atoms with Crippen LogP contribution in [0, 0.1) is 0 Å². The van der Waals surface area contributed by atoms with Crippen LogP contribution in [0.25, 0.3) is 0 Å². The first-order chi connectivity index (χ1) is 8.76. The van der Waals surface area contributed by atoms with Crippen molar-refractivity contribution in [1.82, 2.24) is 15.4 Å². The number of nitrogens with one attached hydrogen (secondary N) is 3. The van der Waals surface area contributed by atoms with Crippen molar-refractivity contribution in [3.63, 3.8) is 0 Å². The van der Waals surface area contributed by atoms with Gasteiger partial charge in [0.15, 0.2) is 5.96 Å². The van der Waals surface area contributed by atoms with Crippen LogP contribution in [-0.4, -0.2) is 59.5 Å². The van der Waals surface area contributed by atoms with E-state index in [1.165, 1.54) is 0 Å². The number of guanidine groups is 1. The summed E-state index contributed by atoms with van der Waals surface area (Å²) in [4.78, 5) is 4.04. The highest BCUT2D eigenvalue weighted by atomic mass is 32.2. The Kier molecular flexibility index (Phi) is 7.96. The molecule has 0 spiro atoms. The van der Waals surface area contributed by atoms with E-state index in [0.717, 1.165) is 0 Å². The zero-order chi connectivity index (χ0) is 14.9. The van der Waals surface area contributed by atoms with Crippen LogP contribution in [0.4, 0.5) is 0 Å². The van der Waals surface area contributed by atoms with Crippen LogP contribution >= 0.6 is 0 Å². The summed E-state index contributed by atoms with van der Waals surface area (Å²) in [5, 5.41) is 6.13. The first kappa shape index (κ1) is 18.1. The van der Waals surface area contributed by atoms with Crippen molar-refractivity contribution in [1.29, 1.82) is 0 Å².